The Balaban J connectivity index is 1.55. The number of benzene rings is 2. The number of amides is 2. The molecule has 4 rings (SSSR count). The molecule has 2 amide bonds. The number of fused-ring (bicyclic) bond motifs is 2. The Labute approximate surface area is 136 Å². The third-order valence-corrected chi connectivity index (χ3v) is 4.58. The van der Waals surface area contributed by atoms with Crippen LogP contribution in [-0.2, 0) is 4.79 Å². The second-order valence-corrected chi connectivity index (χ2v) is 6.09. The molecule has 0 aliphatic carbocycles. The number of carbonyl (C=O) groups excluding carboxylic acids is 2. The van der Waals surface area contributed by atoms with Gasteiger partial charge in [0.15, 0.2) is 11.5 Å². The van der Waals surface area contributed by atoms with Crippen LogP contribution in [0, 0.1) is 0 Å². The van der Waals surface area contributed by atoms with Crippen molar-refractivity contribution in [2.45, 2.75) is 4.90 Å². The van der Waals surface area contributed by atoms with Gasteiger partial charge in [-0.05, 0) is 36.4 Å². The molecule has 0 unspecified atom stereocenters. The van der Waals surface area contributed by atoms with Crippen LogP contribution < -0.4 is 20.1 Å². The van der Waals surface area contributed by atoms with Crippen LogP contribution >= 0.6 is 11.8 Å². The third-order valence-electron chi connectivity index (χ3n) is 3.51. The monoisotopic (exact) mass is 328 g/mol. The molecule has 0 aromatic heterocycles. The van der Waals surface area contributed by atoms with E-state index in [9.17, 15) is 9.59 Å². The minimum Gasteiger partial charge on any atom is -0.454 e. The summed E-state index contributed by atoms with van der Waals surface area (Å²) in [6.45, 7) is 0.169. The van der Waals surface area contributed by atoms with Crippen molar-refractivity contribution in [2.75, 3.05) is 23.2 Å². The van der Waals surface area contributed by atoms with Crippen molar-refractivity contribution in [3.05, 3.63) is 42.0 Å². The van der Waals surface area contributed by atoms with Gasteiger partial charge in [0.05, 0.1) is 11.4 Å². The second kappa shape index (κ2) is 5.51. The van der Waals surface area contributed by atoms with Gasteiger partial charge in [-0.25, -0.2) is 0 Å². The zero-order valence-electron chi connectivity index (χ0n) is 11.9. The number of anilines is 2. The van der Waals surface area contributed by atoms with Crippen LogP contribution in [0.5, 0.6) is 11.5 Å². The van der Waals surface area contributed by atoms with Crippen LogP contribution in [0.2, 0.25) is 0 Å². The van der Waals surface area contributed by atoms with E-state index in [1.54, 1.807) is 24.3 Å². The maximum atomic E-state index is 12.3. The molecule has 0 atom stereocenters. The summed E-state index contributed by atoms with van der Waals surface area (Å²) in [6, 6.07) is 10.5. The van der Waals surface area contributed by atoms with E-state index < -0.39 is 0 Å². The highest BCUT2D eigenvalue weighted by atomic mass is 32.2. The van der Waals surface area contributed by atoms with Crippen molar-refractivity contribution in [2.24, 2.45) is 0 Å². The average molecular weight is 328 g/mol. The smallest absolute Gasteiger partial charge is 0.255 e. The summed E-state index contributed by atoms with van der Waals surface area (Å²) in [4.78, 5) is 24.8. The van der Waals surface area contributed by atoms with E-state index >= 15 is 0 Å². The minimum atomic E-state index is -0.252. The number of rotatable bonds is 2. The zero-order chi connectivity index (χ0) is 15.8. The topological polar surface area (TPSA) is 76.7 Å². The molecule has 2 heterocycles. The first-order valence-electron chi connectivity index (χ1n) is 6.97. The molecule has 0 bridgehead atoms. The zero-order valence-corrected chi connectivity index (χ0v) is 12.7. The molecule has 2 aliphatic rings. The van der Waals surface area contributed by atoms with Crippen molar-refractivity contribution < 1.29 is 19.1 Å². The van der Waals surface area contributed by atoms with Gasteiger partial charge in [0.2, 0.25) is 12.7 Å². The summed E-state index contributed by atoms with van der Waals surface area (Å²) < 4.78 is 10.5. The predicted molar refractivity (Wildman–Crippen MR) is 86.3 cm³/mol. The van der Waals surface area contributed by atoms with E-state index in [0.717, 1.165) is 10.6 Å². The standard InChI is InChI=1S/C16H12N2O4S/c19-15-7-23-14-4-2-10(6-11(14)18-15)17-16(20)9-1-3-12-13(5-9)22-8-21-12/h1-6H,7-8H2,(H,17,20)(H,18,19). The van der Waals surface area contributed by atoms with E-state index in [1.165, 1.54) is 11.8 Å². The van der Waals surface area contributed by atoms with Crippen LogP contribution in [0.4, 0.5) is 11.4 Å². The molecule has 116 valence electrons. The van der Waals surface area contributed by atoms with Gasteiger partial charge in [-0.3, -0.25) is 9.59 Å². The summed E-state index contributed by atoms with van der Waals surface area (Å²) in [5.74, 6) is 1.32. The molecule has 2 N–H and O–H groups in total. The Hall–Kier alpha value is -2.67. The van der Waals surface area contributed by atoms with Gasteiger partial charge in [-0.15, -0.1) is 11.8 Å². The fourth-order valence-electron chi connectivity index (χ4n) is 2.40. The molecule has 0 saturated heterocycles. The van der Waals surface area contributed by atoms with E-state index in [2.05, 4.69) is 10.6 Å². The van der Waals surface area contributed by atoms with E-state index in [0.29, 0.717) is 28.5 Å². The minimum absolute atomic E-state index is 0.0400. The first-order valence-corrected chi connectivity index (χ1v) is 7.95. The highest BCUT2D eigenvalue weighted by Gasteiger charge is 2.18. The van der Waals surface area contributed by atoms with E-state index in [-0.39, 0.29) is 18.6 Å². The maximum absolute atomic E-state index is 12.3. The van der Waals surface area contributed by atoms with Gasteiger partial charge in [0.1, 0.15) is 0 Å². The number of thioether (sulfide) groups is 1. The molecule has 0 spiro atoms. The Kier molecular flexibility index (Phi) is 3.34. The summed E-state index contributed by atoms with van der Waals surface area (Å²) in [5.41, 5.74) is 1.81. The highest BCUT2D eigenvalue weighted by Crippen LogP contribution is 2.34. The van der Waals surface area contributed by atoms with E-state index in [4.69, 9.17) is 9.47 Å². The van der Waals surface area contributed by atoms with Crippen LogP contribution in [-0.4, -0.2) is 24.4 Å². The molecular weight excluding hydrogens is 316 g/mol. The number of hydrogen-bond acceptors (Lipinski definition) is 5. The molecule has 0 radical (unpaired) electrons. The number of carbonyl (C=O) groups is 2. The molecule has 2 aliphatic heterocycles. The van der Waals surface area contributed by atoms with Crippen molar-refractivity contribution in [3.63, 3.8) is 0 Å². The largest absolute Gasteiger partial charge is 0.454 e. The van der Waals surface area contributed by atoms with Gasteiger partial charge < -0.3 is 20.1 Å². The van der Waals surface area contributed by atoms with E-state index in [1.807, 2.05) is 12.1 Å². The molecule has 2 aromatic carbocycles. The van der Waals surface area contributed by atoms with Gasteiger partial charge in [0, 0.05) is 16.1 Å². The second-order valence-electron chi connectivity index (χ2n) is 5.07. The summed E-state index contributed by atoms with van der Waals surface area (Å²) in [7, 11) is 0. The van der Waals surface area contributed by atoms with Crippen LogP contribution in [0.3, 0.4) is 0 Å². The van der Waals surface area contributed by atoms with Gasteiger partial charge in [0.25, 0.3) is 5.91 Å². The van der Waals surface area contributed by atoms with Crippen molar-refractivity contribution >= 4 is 35.0 Å². The molecule has 0 fully saturated rings. The Morgan fingerprint density at radius 2 is 2.00 bits per heavy atom. The molecule has 7 heteroatoms. The molecule has 2 aromatic rings. The first kappa shape index (κ1) is 14.0. The van der Waals surface area contributed by atoms with Crippen LogP contribution in [0.25, 0.3) is 0 Å². The molecule has 6 nitrogen and oxygen atoms in total. The number of ether oxygens (including phenoxy) is 2. The lowest BCUT2D eigenvalue weighted by molar-refractivity contribution is -0.113. The lowest BCUT2D eigenvalue weighted by atomic mass is 10.2. The number of hydrogen-bond donors (Lipinski definition) is 2. The Morgan fingerprint density at radius 3 is 2.91 bits per heavy atom. The van der Waals surface area contributed by atoms with Crippen LogP contribution in [0.1, 0.15) is 10.4 Å². The molecular formula is C16H12N2O4S. The van der Waals surface area contributed by atoms with Gasteiger partial charge >= 0.3 is 0 Å². The lowest BCUT2D eigenvalue weighted by Crippen LogP contribution is -2.19. The van der Waals surface area contributed by atoms with Crippen molar-refractivity contribution in [3.8, 4) is 11.5 Å². The Bertz CT molecular complexity index is 822. The fraction of sp³-hybridized carbons (Fsp3) is 0.125. The molecule has 23 heavy (non-hydrogen) atoms. The quantitative estimate of drug-likeness (QED) is 0.886. The highest BCUT2D eigenvalue weighted by molar-refractivity contribution is 8.00. The average Bonchev–Trinajstić information content (AvgIpc) is 3.02. The summed E-state index contributed by atoms with van der Waals surface area (Å²) >= 11 is 1.48. The summed E-state index contributed by atoms with van der Waals surface area (Å²) in [6.07, 6.45) is 0. The lowest BCUT2D eigenvalue weighted by Gasteiger charge is -2.17. The summed E-state index contributed by atoms with van der Waals surface area (Å²) in [5, 5.41) is 5.62. The molecule has 0 saturated carbocycles. The third kappa shape index (κ3) is 2.70. The van der Waals surface area contributed by atoms with Crippen molar-refractivity contribution in [1.82, 2.24) is 0 Å². The van der Waals surface area contributed by atoms with Crippen LogP contribution in [0.15, 0.2) is 41.3 Å². The number of nitrogens with one attached hydrogen (secondary N) is 2. The van der Waals surface area contributed by atoms with Gasteiger partial charge in [-0.2, -0.15) is 0 Å². The SMILES string of the molecule is O=C1CSc2ccc(NC(=O)c3ccc4c(c3)OCO4)cc2N1. The maximum Gasteiger partial charge on any atom is 0.255 e. The normalized spacial score (nSPS) is 14.9. The Morgan fingerprint density at radius 1 is 1.13 bits per heavy atom. The predicted octanol–water partition coefficient (Wildman–Crippen LogP) is 2.71. The van der Waals surface area contributed by atoms with Gasteiger partial charge in [-0.1, -0.05) is 0 Å². The van der Waals surface area contributed by atoms with Crippen molar-refractivity contribution in [1.29, 1.82) is 0 Å². The first-order chi connectivity index (χ1) is 11.2. The fourth-order valence-corrected chi connectivity index (χ4v) is 3.19.